The quantitative estimate of drug-likeness (QED) is 0.0261. The monoisotopic (exact) mass is 1140 g/mol. The van der Waals surface area contributed by atoms with Gasteiger partial charge < -0.3 is 14.2 Å². The summed E-state index contributed by atoms with van der Waals surface area (Å²) in [5, 5.41) is 0. The van der Waals surface area contributed by atoms with Crippen molar-refractivity contribution in [3.63, 3.8) is 0 Å². The highest BCUT2D eigenvalue weighted by Crippen LogP contribution is 2.15. The van der Waals surface area contributed by atoms with E-state index >= 15 is 0 Å². The molecule has 6 nitrogen and oxygen atoms in total. The number of hydrogen-bond donors (Lipinski definition) is 0. The molecule has 0 saturated carbocycles. The number of ether oxygens (including phenoxy) is 3. The van der Waals surface area contributed by atoms with Crippen LogP contribution in [0.2, 0.25) is 0 Å². The molecular formula is C77H122O6. The van der Waals surface area contributed by atoms with E-state index < -0.39 is 6.10 Å². The zero-order valence-corrected chi connectivity index (χ0v) is 53.4. The minimum atomic E-state index is -0.825. The largest absolute Gasteiger partial charge is 0.462 e. The van der Waals surface area contributed by atoms with Gasteiger partial charge in [0.1, 0.15) is 13.2 Å². The van der Waals surface area contributed by atoms with E-state index in [0.29, 0.717) is 19.3 Å². The summed E-state index contributed by atoms with van der Waals surface area (Å²) in [5.74, 6) is -1.01. The van der Waals surface area contributed by atoms with Gasteiger partial charge in [-0.15, -0.1) is 0 Å². The van der Waals surface area contributed by atoms with E-state index in [1.54, 1.807) is 0 Å². The zero-order valence-electron chi connectivity index (χ0n) is 53.4. The van der Waals surface area contributed by atoms with Crippen LogP contribution in [-0.4, -0.2) is 37.2 Å². The summed E-state index contributed by atoms with van der Waals surface area (Å²) in [6, 6.07) is 0. The summed E-state index contributed by atoms with van der Waals surface area (Å²) in [7, 11) is 0. The molecule has 0 radical (unpaired) electrons. The molecule has 1 unspecified atom stereocenters. The van der Waals surface area contributed by atoms with Gasteiger partial charge in [0.2, 0.25) is 0 Å². The molecular weight excluding hydrogens is 1020 g/mol. The molecule has 0 heterocycles. The van der Waals surface area contributed by atoms with Gasteiger partial charge in [-0.3, -0.25) is 14.4 Å². The third-order valence-electron chi connectivity index (χ3n) is 13.7. The van der Waals surface area contributed by atoms with E-state index in [1.165, 1.54) is 96.3 Å². The number of carbonyl (C=O) groups excluding carboxylic acids is 3. The normalized spacial score (nSPS) is 13.2. The first-order valence-corrected chi connectivity index (χ1v) is 33.6. The lowest BCUT2D eigenvalue weighted by Gasteiger charge is -2.18. The predicted octanol–water partition coefficient (Wildman–Crippen LogP) is 23.4. The van der Waals surface area contributed by atoms with E-state index in [0.717, 1.165) is 135 Å². The highest BCUT2D eigenvalue weighted by atomic mass is 16.6. The summed E-state index contributed by atoms with van der Waals surface area (Å²) < 4.78 is 16.9. The van der Waals surface area contributed by atoms with E-state index in [-0.39, 0.29) is 37.5 Å². The van der Waals surface area contributed by atoms with Gasteiger partial charge >= 0.3 is 17.9 Å². The number of unbranched alkanes of at least 4 members (excludes halogenated alkanes) is 20. The van der Waals surface area contributed by atoms with Crippen molar-refractivity contribution < 1.29 is 28.6 Å². The number of esters is 3. The van der Waals surface area contributed by atoms with Crippen LogP contribution in [0, 0.1) is 0 Å². The number of carbonyl (C=O) groups is 3. The zero-order chi connectivity index (χ0) is 59.9. The first kappa shape index (κ1) is 77.8. The maximum absolute atomic E-state index is 12.9. The van der Waals surface area contributed by atoms with Gasteiger partial charge in [-0.25, -0.2) is 0 Å². The third-order valence-corrected chi connectivity index (χ3v) is 13.7. The number of hydrogen-bond acceptors (Lipinski definition) is 6. The van der Waals surface area contributed by atoms with Crippen LogP contribution >= 0.6 is 0 Å². The first-order chi connectivity index (χ1) is 41.0. The molecule has 0 aliphatic rings. The highest BCUT2D eigenvalue weighted by Gasteiger charge is 2.19. The summed E-state index contributed by atoms with van der Waals surface area (Å²) in [6.45, 7) is 6.33. The molecule has 0 amide bonds. The fourth-order valence-corrected chi connectivity index (χ4v) is 8.72. The highest BCUT2D eigenvalue weighted by molar-refractivity contribution is 5.71. The first-order valence-electron chi connectivity index (χ1n) is 33.6. The van der Waals surface area contributed by atoms with Crippen LogP contribution in [0.25, 0.3) is 0 Å². The van der Waals surface area contributed by atoms with Crippen LogP contribution in [0.15, 0.2) is 170 Å². The second-order valence-electron chi connectivity index (χ2n) is 21.6. The molecule has 0 aliphatic heterocycles. The number of allylic oxidation sites excluding steroid dienone is 28. The van der Waals surface area contributed by atoms with Gasteiger partial charge in [0.25, 0.3) is 0 Å². The minimum absolute atomic E-state index is 0.119. The second-order valence-corrected chi connectivity index (χ2v) is 21.6. The smallest absolute Gasteiger partial charge is 0.306 e. The Hall–Kier alpha value is -5.23. The van der Waals surface area contributed by atoms with Gasteiger partial charge in [0.05, 0.1) is 0 Å². The summed E-state index contributed by atoms with van der Waals surface area (Å²) >= 11 is 0. The van der Waals surface area contributed by atoms with E-state index in [2.05, 4.69) is 191 Å². The molecule has 0 aromatic carbocycles. The van der Waals surface area contributed by atoms with Crippen molar-refractivity contribution in [3.8, 4) is 0 Å². The Morgan fingerprint density at radius 1 is 0.253 bits per heavy atom. The molecule has 1 atom stereocenters. The lowest BCUT2D eigenvalue weighted by Crippen LogP contribution is -2.30. The Labute approximate surface area is 511 Å². The van der Waals surface area contributed by atoms with Crippen LogP contribution in [-0.2, 0) is 28.6 Å². The summed E-state index contributed by atoms with van der Waals surface area (Å²) in [5.41, 5.74) is 0. The molecule has 0 spiro atoms. The Morgan fingerprint density at radius 3 is 0.795 bits per heavy atom. The Bertz CT molecular complexity index is 1890. The lowest BCUT2D eigenvalue weighted by molar-refractivity contribution is -0.167. The van der Waals surface area contributed by atoms with Gasteiger partial charge in [0, 0.05) is 19.3 Å². The SMILES string of the molecule is CC/C=C\C/C=C\C/C=C\C/C=C\C/C=C\C/C=C\C/C=C\C/C=C\C/C=C\CCCC(=O)OCC(COC(=O)CCCCC/C=C\C/C=C\C/C=C\CC)OC(=O)CCCCCCCCCCCCC/C=C\C/C=C\CCCCCCC. The van der Waals surface area contributed by atoms with Crippen LogP contribution in [0.4, 0.5) is 0 Å². The molecule has 0 fully saturated rings. The molecule has 0 N–H and O–H groups in total. The molecule has 83 heavy (non-hydrogen) atoms. The fraction of sp³-hybridized carbons (Fsp3) is 0.597. The Balaban J connectivity index is 4.46. The average Bonchev–Trinajstić information content (AvgIpc) is 3.49. The van der Waals surface area contributed by atoms with Crippen molar-refractivity contribution in [1.29, 1.82) is 0 Å². The standard InChI is InChI=1S/C77H122O6/c1-4-7-10-13-16-19-22-25-27-29-31-33-35-36-37-38-39-40-42-43-45-47-49-52-55-58-61-64-67-70-76(79)82-73-74(72-81-75(78)69-66-63-60-57-54-51-24-21-18-15-12-9-6-3)83-77(80)71-68-65-62-59-56-53-50-48-46-44-41-34-32-30-28-26-23-20-17-14-11-8-5-2/h7,9-10,12,16,18-19,21,23,25-27,30-33,36-37,39-40,43,45,49,51-52,54,58,61,74H,4-6,8,11,13-15,17,20,22,24,28-29,34-35,38,41-42,44,46-48,50,53,55-57,59-60,62-73H2,1-3H3/b10-7-,12-9-,19-16-,21-18-,26-23-,27-25-,32-30-,33-31-,37-36-,40-39-,45-43-,52-49-,54-51-,61-58-. The second kappa shape index (κ2) is 69.3. The van der Waals surface area contributed by atoms with Crippen LogP contribution < -0.4 is 0 Å². The lowest BCUT2D eigenvalue weighted by atomic mass is 10.0. The topological polar surface area (TPSA) is 78.9 Å². The van der Waals surface area contributed by atoms with Crippen molar-refractivity contribution in [2.45, 2.75) is 284 Å². The van der Waals surface area contributed by atoms with E-state index in [1.807, 2.05) is 0 Å². The van der Waals surface area contributed by atoms with Gasteiger partial charge in [-0.1, -0.05) is 281 Å². The Kier molecular flexibility index (Phi) is 64.9. The molecule has 6 heteroatoms. The van der Waals surface area contributed by atoms with Gasteiger partial charge in [-0.2, -0.15) is 0 Å². The molecule has 0 bridgehead atoms. The molecule has 0 aromatic rings. The maximum atomic E-state index is 12.9. The summed E-state index contributed by atoms with van der Waals surface area (Å²) in [4.78, 5) is 38.3. The predicted molar refractivity (Wildman–Crippen MR) is 361 cm³/mol. The van der Waals surface area contributed by atoms with Crippen molar-refractivity contribution >= 4 is 17.9 Å². The summed E-state index contributed by atoms with van der Waals surface area (Å²) in [6.07, 6.45) is 102. The molecule has 0 rings (SSSR count). The van der Waals surface area contributed by atoms with Crippen LogP contribution in [0.1, 0.15) is 278 Å². The van der Waals surface area contributed by atoms with Crippen LogP contribution in [0.5, 0.6) is 0 Å². The van der Waals surface area contributed by atoms with Crippen molar-refractivity contribution in [1.82, 2.24) is 0 Å². The molecule has 0 aliphatic carbocycles. The van der Waals surface area contributed by atoms with Crippen LogP contribution in [0.3, 0.4) is 0 Å². The van der Waals surface area contributed by atoms with E-state index in [4.69, 9.17) is 14.2 Å². The van der Waals surface area contributed by atoms with Gasteiger partial charge in [0.15, 0.2) is 6.10 Å². The average molecular weight is 1140 g/mol. The minimum Gasteiger partial charge on any atom is -0.462 e. The Morgan fingerprint density at radius 2 is 0.482 bits per heavy atom. The van der Waals surface area contributed by atoms with Crippen molar-refractivity contribution in [2.24, 2.45) is 0 Å². The molecule has 466 valence electrons. The van der Waals surface area contributed by atoms with Crippen molar-refractivity contribution in [2.75, 3.05) is 13.2 Å². The van der Waals surface area contributed by atoms with E-state index in [9.17, 15) is 14.4 Å². The fourth-order valence-electron chi connectivity index (χ4n) is 8.72. The van der Waals surface area contributed by atoms with Crippen molar-refractivity contribution in [3.05, 3.63) is 170 Å². The maximum Gasteiger partial charge on any atom is 0.306 e. The van der Waals surface area contributed by atoms with Gasteiger partial charge in [-0.05, 0) is 148 Å². The third kappa shape index (κ3) is 67.4. The molecule has 0 saturated heterocycles. The molecule has 0 aromatic heterocycles. The number of rotatable bonds is 59.